The molecule has 0 unspecified atom stereocenters. The summed E-state index contributed by atoms with van der Waals surface area (Å²) in [5.74, 6) is -0.206. The van der Waals surface area contributed by atoms with Gasteiger partial charge in [-0.15, -0.1) is 5.10 Å². The lowest BCUT2D eigenvalue weighted by molar-refractivity contribution is 0.0781. The summed E-state index contributed by atoms with van der Waals surface area (Å²) in [6.07, 6.45) is 1.93. The first-order valence-corrected chi connectivity index (χ1v) is 6.63. The van der Waals surface area contributed by atoms with Crippen molar-refractivity contribution in [2.24, 2.45) is 0 Å². The van der Waals surface area contributed by atoms with Gasteiger partial charge in [-0.2, -0.15) is 4.68 Å². The van der Waals surface area contributed by atoms with E-state index in [0.717, 1.165) is 12.8 Å². The smallest absolute Gasteiger partial charge is 0.339 e. The number of rotatable bonds is 5. The lowest BCUT2D eigenvalue weighted by Crippen LogP contribution is -2.28. The van der Waals surface area contributed by atoms with Crippen LogP contribution < -0.4 is 5.69 Å². The van der Waals surface area contributed by atoms with Crippen molar-refractivity contribution in [3.05, 3.63) is 46.6 Å². The second kappa shape index (κ2) is 6.18. The van der Waals surface area contributed by atoms with Gasteiger partial charge >= 0.3 is 5.69 Å². The number of carbonyl (C=O) groups excluding carboxylic acids is 1. The SMILES string of the molecule is CCCCN(C)C(=O)c1nn(-c2ccccc2)c(=O)[nH]1. The summed E-state index contributed by atoms with van der Waals surface area (Å²) < 4.78 is 1.20. The molecule has 0 aliphatic heterocycles. The first kappa shape index (κ1) is 14.0. The Morgan fingerprint density at radius 3 is 2.70 bits per heavy atom. The number of hydrogen-bond donors (Lipinski definition) is 1. The van der Waals surface area contributed by atoms with Crippen LogP contribution in [0.15, 0.2) is 35.1 Å². The molecule has 0 aliphatic carbocycles. The first-order valence-electron chi connectivity index (χ1n) is 6.63. The molecule has 6 heteroatoms. The zero-order valence-electron chi connectivity index (χ0n) is 11.7. The molecular weight excluding hydrogens is 256 g/mol. The van der Waals surface area contributed by atoms with Crippen molar-refractivity contribution >= 4 is 5.91 Å². The number of aromatic amines is 1. The lowest BCUT2D eigenvalue weighted by atomic mass is 10.3. The van der Waals surface area contributed by atoms with Gasteiger partial charge in [-0.05, 0) is 18.6 Å². The van der Waals surface area contributed by atoms with E-state index in [1.807, 2.05) is 18.2 Å². The van der Waals surface area contributed by atoms with Gasteiger partial charge in [-0.25, -0.2) is 4.79 Å². The number of benzene rings is 1. The molecule has 1 aromatic heterocycles. The second-order valence-electron chi connectivity index (χ2n) is 4.61. The number of nitrogens with zero attached hydrogens (tertiary/aromatic N) is 3. The lowest BCUT2D eigenvalue weighted by Gasteiger charge is -2.14. The monoisotopic (exact) mass is 274 g/mol. The number of nitrogens with one attached hydrogen (secondary N) is 1. The molecule has 1 N–H and O–H groups in total. The minimum Gasteiger partial charge on any atom is -0.339 e. The number of aromatic nitrogens is 3. The minimum atomic E-state index is -0.413. The molecular formula is C14H18N4O2. The normalized spacial score (nSPS) is 10.5. The van der Waals surface area contributed by atoms with Crippen LogP contribution >= 0.6 is 0 Å². The van der Waals surface area contributed by atoms with Gasteiger partial charge in [0.1, 0.15) is 0 Å². The van der Waals surface area contributed by atoms with E-state index in [-0.39, 0.29) is 11.7 Å². The molecule has 6 nitrogen and oxygen atoms in total. The maximum Gasteiger partial charge on any atom is 0.348 e. The summed E-state index contributed by atoms with van der Waals surface area (Å²) in [7, 11) is 1.71. The molecule has 2 rings (SSSR count). The van der Waals surface area contributed by atoms with Gasteiger partial charge in [0, 0.05) is 13.6 Å². The van der Waals surface area contributed by atoms with Gasteiger partial charge in [-0.3, -0.25) is 9.78 Å². The van der Waals surface area contributed by atoms with Crippen molar-refractivity contribution in [3.63, 3.8) is 0 Å². The van der Waals surface area contributed by atoms with Gasteiger partial charge in [0.25, 0.3) is 5.91 Å². The van der Waals surface area contributed by atoms with Crippen molar-refractivity contribution in [2.75, 3.05) is 13.6 Å². The molecule has 0 saturated heterocycles. The van der Waals surface area contributed by atoms with Crippen molar-refractivity contribution in [2.45, 2.75) is 19.8 Å². The van der Waals surface area contributed by atoms with E-state index in [4.69, 9.17) is 0 Å². The Morgan fingerprint density at radius 1 is 1.35 bits per heavy atom. The summed E-state index contributed by atoms with van der Waals surface area (Å²) in [4.78, 5) is 28.1. The Balaban J connectivity index is 2.24. The molecule has 20 heavy (non-hydrogen) atoms. The molecule has 0 atom stereocenters. The van der Waals surface area contributed by atoms with Crippen LogP contribution in [0.2, 0.25) is 0 Å². The minimum absolute atomic E-state index is 0.0671. The predicted octanol–water partition coefficient (Wildman–Crippen LogP) is 1.43. The van der Waals surface area contributed by atoms with Crippen LogP contribution in [0.1, 0.15) is 30.4 Å². The van der Waals surface area contributed by atoms with Crippen molar-refractivity contribution in [3.8, 4) is 5.69 Å². The molecule has 0 radical (unpaired) electrons. The number of para-hydroxylation sites is 1. The average molecular weight is 274 g/mol. The van der Waals surface area contributed by atoms with Crippen LogP contribution in [0.25, 0.3) is 5.69 Å². The van der Waals surface area contributed by atoms with Gasteiger partial charge in [0.15, 0.2) is 0 Å². The summed E-state index contributed by atoms with van der Waals surface area (Å²) in [6, 6.07) is 9.00. The molecule has 0 fully saturated rings. The quantitative estimate of drug-likeness (QED) is 0.896. The van der Waals surface area contributed by atoms with E-state index in [0.29, 0.717) is 12.2 Å². The van der Waals surface area contributed by atoms with E-state index in [9.17, 15) is 9.59 Å². The van der Waals surface area contributed by atoms with Crippen LogP contribution in [0.3, 0.4) is 0 Å². The maximum atomic E-state index is 12.1. The topological polar surface area (TPSA) is 71.0 Å². The van der Waals surface area contributed by atoms with E-state index in [1.54, 1.807) is 24.1 Å². The Hall–Kier alpha value is -2.37. The molecule has 0 bridgehead atoms. The Labute approximate surface area is 117 Å². The summed E-state index contributed by atoms with van der Waals surface area (Å²) >= 11 is 0. The van der Waals surface area contributed by atoms with Crippen molar-refractivity contribution in [1.82, 2.24) is 19.7 Å². The van der Waals surface area contributed by atoms with Crippen molar-refractivity contribution < 1.29 is 4.79 Å². The second-order valence-corrected chi connectivity index (χ2v) is 4.61. The van der Waals surface area contributed by atoms with E-state index < -0.39 is 5.69 Å². The Morgan fingerprint density at radius 2 is 2.05 bits per heavy atom. The number of carbonyl (C=O) groups is 1. The molecule has 0 aliphatic rings. The molecule has 106 valence electrons. The molecule has 1 heterocycles. The predicted molar refractivity (Wildman–Crippen MR) is 76.1 cm³/mol. The molecule has 2 aromatic rings. The fourth-order valence-electron chi connectivity index (χ4n) is 1.84. The summed E-state index contributed by atoms with van der Waals surface area (Å²) in [5, 5.41) is 4.07. The fourth-order valence-corrected chi connectivity index (χ4v) is 1.84. The Bertz CT molecular complexity index is 630. The zero-order chi connectivity index (χ0) is 14.5. The number of hydrogen-bond acceptors (Lipinski definition) is 3. The highest BCUT2D eigenvalue weighted by atomic mass is 16.2. The summed E-state index contributed by atoms with van der Waals surface area (Å²) in [5.41, 5.74) is 0.215. The van der Waals surface area contributed by atoms with Gasteiger partial charge in [0.2, 0.25) is 5.82 Å². The third-order valence-corrected chi connectivity index (χ3v) is 3.01. The van der Waals surface area contributed by atoms with Crippen LogP contribution in [-0.4, -0.2) is 39.2 Å². The highest BCUT2D eigenvalue weighted by Crippen LogP contribution is 2.03. The largest absolute Gasteiger partial charge is 0.348 e. The highest BCUT2D eigenvalue weighted by Gasteiger charge is 2.17. The van der Waals surface area contributed by atoms with E-state index in [2.05, 4.69) is 17.0 Å². The van der Waals surface area contributed by atoms with Crippen LogP contribution in [0.4, 0.5) is 0 Å². The fraction of sp³-hybridized carbons (Fsp3) is 0.357. The number of unbranched alkanes of at least 4 members (excludes halogenated alkanes) is 1. The standard InChI is InChI=1S/C14H18N4O2/c1-3-4-10-17(2)13(19)12-15-14(20)18(16-12)11-8-6-5-7-9-11/h5-9H,3-4,10H2,1-2H3,(H,15,16,20). The van der Waals surface area contributed by atoms with Crippen molar-refractivity contribution in [1.29, 1.82) is 0 Å². The van der Waals surface area contributed by atoms with E-state index in [1.165, 1.54) is 4.68 Å². The first-order chi connectivity index (χ1) is 9.63. The summed E-state index contributed by atoms with van der Waals surface area (Å²) in [6.45, 7) is 2.71. The van der Waals surface area contributed by atoms with Gasteiger partial charge in [-0.1, -0.05) is 31.5 Å². The van der Waals surface area contributed by atoms with Crippen LogP contribution in [-0.2, 0) is 0 Å². The van der Waals surface area contributed by atoms with E-state index >= 15 is 0 Å². The third-order valence-electron chi connectivity index (χ3n) is 3.01. The van der Waals surface area contributed by atoms with Crippen LogP contribution in [0.5, 0.6) is 0 Å². The Kier molecular flexibility index (Phi) is 4.34. The number of H-pyrrole nitrogens is 1. The molecule has 1 amide bonds. The molecule has 0 spiro atoms. The molecule has 1 aromatic carbocycles. The van der Waals surface area contributed by atoms with Crippen LogP contribution in [0, 0.1) is 0 Å². The van der Waals surface area contributed by atoms with Gasteiger partial charge < -0.3 is 4.90 Å². The highest BCUT2D eigenvalue weighted by molar-refractivity contribution is 5.90. The molecule has 0 saturated carbocycles. The number of amides is 1. The third kappa shape index (κ3) is 2.96. The maximum absolute atomic E-state index is 12.1. The average Bonchev–Trinajstić information content (AvgIpc) is 2.86. The van der Waals surface area contributed by atoms with Gasteiger partial charge in [0.05, 0.1) is 5.69 Å². The zero-order valence-corrected chi connectivity index (χ0v) is 11.7.